The van der Waals surface area contributed by atoms with Gasteiger partial charge in [0.1, 0.15) is 19.3 Å². The number of β-lactam (4-membered cyclic amide) rings is 1. The molecule has 3 rings (SSSR count). The highest BCUT2D eigenvalue weighted by Gasteiger charge is 2.62. The summed E-state index contributed by atoms with van der Waals surface area (Å²) in [4.78, 5) is 19.4. The Morgan fingerprint density at radius 2 is 2.03 bits per heavy atom. The molecule has 1 aliphatic heterocycles. The second kappa shape index (κ2) is 12.5. The number of ether oxygens (including phenoxy) is 5. The first-order valence-electron chi connectivity index (χ1n) is 11.8. The number of aromatic nitrogens is 1. The molecule has 0 radical (unpaired) electrons. The van der Waals surface area contributed by atoms with E-state index < -0.39 is 5.60 Å². The lowest BCUT2D eigenvalue weighted by molar-refractivity contribution is -0.239. The van der Waals surface area contributed by atoms with Crippen molar-refractivity contribution in [2.24, 2.45) is 5.92 Å². The lowest BCUT2D eigenvalue weighted by atomic mass is 9.78. The number of nitrogens with zero attached hydrogens (tertiary/aromatic N) is 2. The predicted octanol–water partition coefficient (Wildman–Crippen LogP) is 3.35. The number of pyridine rings is 1. The summed E-state index contributed by atoms with van der Waals surface area (Å²) in [6.45, 7) is 7.02. The van der Waals surface area contributed by atoms with E-state index in [2.05, 4.69) is 18.5 Å². The van der Waals surface area contributed by atoms with Gasteiger partial charge in [-0.3, -0.25) is 9.78 Å². The second-order valence-corrected chi connectivity index (χ2v) is 8.96. The molecule has 1 saturated heterocycles. The van der Waals surface area contributed by atoms with Crippen molar-refractivity contribution in [1.82, 2.24) is 9.88 Å². The highest BCUT2D eigenvalue weighted by molar-refractivity contribution is 5.93. The maximum absolute atomic E-state index is 13.3. The summed E-state index contributed by atoms with van der Waals surface area (Å²) in [6, 6.07) is 3.47. The van der Waals surface area contributed by atoms with Crippen LogP contribution in [0.3, 0.4) is 0 Å². The van der Waals surface area contributed by atoms with Gasteiger partial charge in [0.15, 0.2) is 5.60 Å². The van der Waals surface area contributed by atoms with Crippen LogP contribution in [0.25, 0.3) is 0 Å². The zero-order valence-electron chi connectivity index (χ0n) is 20.2. The Morgan fingerprint density at radius 3 is 2.73 bits per heavy atom. The van der Waals surface area contributed by atoms with Crippen LogP contribution in [0, 0.1) is 5.92 Å². The second-order valence-electron chi connectivity index (χ2n) is 8.96. The van der Waals surface area contributed by atoms with Gasteiger partial charge in [-0.25, -0.2) is 0 Å². The molecule has 2 aliphatic rings. The van der Waals surface area contributed by atoms with Gasteiger partial charge in [-0.2, -0.15) is 0 Å². The van der Waals surface area contributed by atoms with Crippen molar-refractivity contribution in [3.05, 3.63) is 36.7 Å². The molecular formula is C25H38N2O6. The van der Waals surface area contributed by atoms with Gasteiger partial charge >= 0.3 is 0 Å². The predicted molar refractivity (Wildman–Crippen MR) is 124 cm³/mol. The monoisotopic (exact) mass is 462 g/mol. The van der Waals surface area contributed by atoms with Crippen molar-refractivity contribution in [2.75, 3.05) is 41.0 Å². The topological polar surface area (TPSA) is 79.4 Å². The molecule has 0 bridgehead atoms. The largest absolute Gasteiger partial charge is 0.490 e. The van der Waals surface area contributed by atoms with Gasteiger partial charge in [0, 0.05) is 38.6 Å². The Kier molecular flexibility index (Phi) is 9.67. The van der Waals surface area contributed by atoms with E-state index in [1.807, 2.05) is 12.1 Å². The van der Waals surface area contributed by atoms with Crippen molar-refractivity contribution >= 4 is 5.91 Å². The van der Waals surface area contributed by atoms with Crippen LogP contribution < -0.4 is 4.74 Å². The highest BCUT2D eigenvalue weighted by atomic mass is 16.7. The molecule has 1 amide bonds. The third-order valence-corrected chi connectivity index (χ3v) is 6.48. The summed E-state index contributed by atoms with van der Waals surface area (Å²) < 4.78 is 28.5. The fourth-order valence-electron chi connectivity index (χ4n) is 4.59. The Labute approximate surface area is 197 Å². The number of carbonyl (C=O) groups is 1. The summed E-state index contributed by atoms with van der Waals surface area (Å²) in [6.07, 6.45) is 9.29. The van der Waals surface area contributed by atoms with Crippen molar-refractivity contribution in [1.29, 1.82) is 0 Å². The molecule has 33 heavy (non-hydrogen) atoms. The number of hydrogen-bond donors (Lipinski definition) is 0. The number of carbonyl (C=O) groups excluding carboxylic acids is 1. The molecular weight excluding hydrogens is 424 g/mol. The van der Waals surface area contributed by atoms with Gasteiger partial charge in [-0.1, -0.05) is 13.0 Å². The molecule has 1 aromatic rings. The van der Waals surface area contributed by atoms with E-state index in [1.54, 1.807) is 24.3 Å². The standard InChI is InChI=1S/C25H38N2O6/c1-5-6-13-31-16-23-25(32-18-30-4,24(28)27(23)17-29-3)15-20-14-22(11-12-26-20)33-21-9-7-19(2)8-10-21/h5,11-12,14,19,21,23H,1,6-10,13,15-18H2,2-4H3/t19-,21-,23-,25+/m0/s1. The van der Waals surface area contributed by atoms with Crippen molar-refractivity contribution < 1.29 is 28.5 Å². The Bertz CT molecular complexity index is 767. The summed E-state index contributed by atoms with van der Waals surface area (Å²) >= 11 is 0. The molecule has 0 aromatic carbocycles. The van der Waals surface area contributed by atoms with Crippen LogP contribution in [0.2, 0.25) is 0 Å². The summed E-state index contributed by atoms with van der Waals surface area (Å²) in [5.41, 5.74) is -0.400. The van der Waals surface area contributed by atoms with E-state index in [-0.39, 0.29) is 31.6 Å². The molecule has 1 saturated carbocycles. The first-order valence-corrected chi connectivity index (χ1v) is 11.8. The SMILES string of the molecule is C=CCCOC[C@@H]1N(COC)C(=O)[C@]1(Cc1cc(O[C@H]2CC[C@H](C)CC2)ccn1)OCOC. The Balaban J connectivity index is 1.75. The molecule has 0 N–H and O–H groups in total. The minimum absolute atomic E-state index is 0.00777. The number of rotatable bonds is 14. The smallest absolute Gasteiger partial charge is 0.259 e. The van der Waals surface area contributed by atoms with E-state index in [4.69, 9.17) is 23.7 Å². The van der Waals surface area contributed by atoms with Gasteiger partial charge in [0.05, 0.1) is 25.4 Å². The van der Waals surface area contributed by atoms with E-state index >= 15 is 0 Å². The van der Waals surface area contributed by atoms with E-state index in [0.717, 1.165) is 36.6 Å². The van der Waals surface area contributed by atoms with Crippen LogP contribution >= 0.6 is 0 Å². The summed E-state index contributed by atoms with van der Waals surface area (Å²) in [5.74, 6) is 1.38. The first kappa shape index (κ1) is 25.6. The Morgan fingerprint density at radius 1 is 1.24 bits per heavy atom. The van der Waals surface area contributed by atoms with Crippen LogP contribution in [0.1, 0.15) is 44.7 Å². The molecule has 0 spiro atoms. The minimum Gasteiger partial charge on any atom is -0.490 e. The van der Waals surface area contributed by atoms with Crippen LogP contribution in [0.5, 0.6) is 5.75 Å². The van der Waals surface area contributed by atoms with Crippen LogP contribution in [-0.2, 0) is 30.2 Å². The molecule has 2 heterocycles. The number of methoxy groups -OCH3 is 2. The number of likely N-dealkylation sites (tertiary alicyclic amines) is 1. The maximum Gasteiger partial charge on any atom is 0.259 e. The van der Waals surface area contributed by atoms with Gasteiger partial charge in [0.2, 0.25) is 0 Å². The fourth-order valence-corrected chi connectivity index (χ4v) is 4.59. The zero-order valence-corrected chi connectivity index (χ0v) is 20.2. The number of amides is 1. The summed E-state index contributed by atoms with van der Waals surface area (Å²) in [5, 5.41) is 0. The molecule has 8 nitrogen and oxygen atoms in total. The van der Waals surface area contributed by atoms with Crippen LogP contribution in [0.4, 0.5) is 0 Å². The van der Waals surface area contributed by atoms with Gasteiger partial charge < -0.3 is 28.6 Å². The Hall–Kier alpha value is -2.00. The van der Waals surface area contributed by atoms with E-state index in [1.165, 1.54) is 20.0 Å². The van der Waals surface area contributed by atoms with E-state index in [9.17, 15) is 4.79 Å². The fraction of sp³-hybridized carbons (Fsp3) is 0.680. The average molecular weight is 463 g/mol. The van der Waals surface area contributed by atoms with Crippen molar-refractivity contribution in [2.45, 2.75) is 63.2 Å². The minimum atomic E-state index is -1.13. The third-order valence-electron chi connectivity index (χ3n) is 6.48. The van der Waals surface area contributed by atoms with Crippen molar-refractivity contribution in [3.8, 4) is 5.75 Å². The average Bonchev–Trinajstić information content (AvgIpc) is 2.82. The lowest BCUT2D eigenvalue weighted by Crippen LogP contribution is -2.77. The molecule has 1 aliphatic carbocycles. The number of hydrogen-bond acceptors (Lipinski definition) is 7. The molecule has 1 aromatic heterocycles. The van der Waals surface area contributed by atoms with Crippen LogP contribution in [-0.4, -0.2) is 74.5 Å². The maximum atomic E-state index is 13.3. The quantitative estimate of drug-likeness (QED) is 0.182. The first-order chi connectivity index (χ1) is 16.0. The zero-order chi connectivity index (χ0) is 23.7. The highest BCUT2D eigenvalue weighted by Crippen LogP contribution is 2.38. The van der Waals surface area contributed by atoms with Crippen molar-refractivity contribution in [3.63, 3.8) is 0 Å². The molecule has 8 heteroatoms. The van der Waals surface area contributed by atoms with Gasteiger partial charge in [-0.05, 0) is 44.1 Å². The van der Waals surface area contributed by atoms with E-state index in [0.29, 0.717) is 19.6 Å². The normalized spacial score (nSPS) is 27.3. The van der Waals surface area contributed by atoms with Gasteiger partial charge in [0.25, 0.3) is 5.91 Å². The lowest BCUT2D eigenvalue weighted by Gasteiger charge is -2.54. The molecule has 2 fully saturated rings. The van der Waals surface area contributed by atoms with Crippen LogP contribution in [0.15, 0.2) is 31.0 Å². The van der Waals surface area contributed by atoms with Gasteiger partial charge in [-0.15, -0.1) is 6.58 Å². The molecule has 0 unspecified atom stereocenters. The molecule has 2 atom stereocenters. The summed E-state index contributed by atoms with van der Waals surface area (Å²) in [7, 11) is 3.10. The molecule has 184 valence electrons. The third kappa shape index (κ3) is 6.32.